The number of hydrogen-bond donors (Lipinski definition) is 2. The first-order valence-corrected chi connectivity index (χ1v) is 5.57. The van der Waals surface area contributed by atoms with E-state index in [2.05, 4.69) is 5.32 Å². The minimum Gasteiger partial charge on any atom is -0.392 e. The first kappa shape index (κ1) is 12.7. The van der Waals surface area contributed by atoms with E-state index in [0.717, 1.165) is 11.1 Å². The van der Waals surface area contributed by atoms with Crippen LogP contribution < -0.4 is 5.32 Å². The van der Waals surface area contributed by atoms with E-state index < -0.39 is 0 Å². The van der Waals surface area contributed by atoms with Gasteiger partial charge in [0.05, 0.1) is 6.61 Å². The summed E-state index contributed by atoms with van der Waals surface area (Å²) in [6.45, 7) is 4.53. The molecule has 16 heavy (non-hydrogen) atoms. The highest BCUT2D eigenvalue weighted by molar-refractivity contribution is 5.76. The smallest absolute Gasteiger partial charge is 0.220 e. The van der Waals surface area contributed by atoms with Crippen LogP contribution >= 0.6 is 0 Å². The molecule has 0 fully saturated rings. The molecule has 0 bridgehead atoms. The van der Waals surface area contributed by atoms with Gasteiger partial charge in [-0.15, -0.1) is 0 Å². The number of aliphatic hydroxyl groups is 1. The minimum atomic E-state index is 0.0101. The van der Waals surface area contributed by atoms with Crippen LogP contribution in [-0.4, -0.2) is 11.0 Å². The summed E-state index contributed by atoms with van der Waals surface area (Å²) in [6, 6.07) is 7.57. The third-order valence-corrected chi connectivity index (χ3v) is 2.36. The van der Waals surface area contributed by atoms with Gasteiger partial charge in [0.2, 0.25) is 5.91 Å². The molecule has 0 unspecified atom stereocenters. The lowest BCUT2D eigenvalue weighted by Crippen LogP contribution is -2.24. The van der Waals surface area contributed by atoms with Crippen molar-refractivity contribution in [3.63, 3.8) is 0 Å². The Kier molecular flexibility index (Phi) is 4.99. The maximum atomic E-state index is 11.5. The molecule has 2 N–H and O–H groups in total. The average molecular weight is 221 g/mol. The summed E-state index contributed by atoms with van der Waals surface area (Å²) < 4.78 is 0. The third-order valence-electron chi connectivity index (χ3n) is 2.36. The molecule has 0 spiro atoms. The number of aliphatic hydroxyl groups excluding tert-OH is 1. The SMILES string of the molecule is CC(C)CC(=O)NCc1ccccc1CO. The van der Waals surface area contributed by atoms with Crippen molar-refractivity contribution in [1.82, 2.24) is 5.32 Å². The largest absolute Gasteiger partial charge is 0.392 e. The number of rotatable bonds is 5. The summed E-state index contributed by atoms with van der Waals surface area (Å²) in [7, 11) is 0. The van der Waals surface area contributed by atoms with Gasteiger partial charge in [0.15, 0.2) is 0 Å². The van der Waals surface area contributed by atoms with Crippen molar-refractivity contribution in [2.75, 3.05) is 0 Å². The van der Waals surface area contributed by atoms with Crippen molar-refractivity contribution in [2.24, 2.45) is 5.92 Å². The maximum absolute atomic E-state index is 11.5. The summed E-state index contributed by atoms with van der Waals surface area (Å²) in [6.07, 6.45) is 0.543. The average Bonchev–Trinajstić information content (AvgIpc) is 2.26. The predicted molar refractivity (Wildman–Crippen MR) is 63.7 cm³/mol. The zero-order chi connectivity index (χ0) is 12.0. The lowest BCUT2D eigenvalue weighted by molar-refractivity contribution is -0.121. The Labute approximate surface area is 96.5 Å². The molecule has 3 heteroatoms. The highest BCUT2D eigenvalue weighted by Gasteiger charge is 2.05. The zero-order valence-corrected chi connectivity index (χ0v) is 9.86. The van der Waals surface area contributed by atoms with Gasteiger partial charge in [-0.3, -0.25) is 4.79 Å². The van der Waals surface area contributed by atoms with Crippen LogP contribution in [0.3, 0.4) is 0 Å². The van der Waals surface area contributed by atoms with Crippen molar-refractivity contribution >= 4 is 5.91 Å². The van der Waals surface area contributed by atoms with Crippen LogP contribution in [-0.2, 0) is 17.9 Å². The third kappa shape index (κ3) is 4.03. The van der Waals surface area contributed by atoms with E-state index in [1.54, 1.807) is 0 Å². The second kappa shape index (κ2) is 6.28. The molecule has 0 saturated heterocycles. The summed E-state index contributed by atoms with van der Waals surface area (Å²) >= 11 is 0. The topological polar surface area (TPSA) is 49.3 Å². The summed E-state index contributed by atoms with van der Waals surface area (Å²) in [5, 5.41) is 12.0. The van der Waals surface area contributed by atoms with Gasteiger partial charge in [0, 0.05) is 13.0 Å². The van der Waals surface area contributed by atoms with E-state index in [4.69, 9.17) is 5.11 Å². The maximum Gasteiger partial charge on any atom is 0.220 e. The van der Waals surface area contributed by atoms with Gasteiger partial charge >= 0.3 is 0 Å². The van der Waals surface area contributed by atoms with E-state index in [-0.39, 0.29) is 12.5 Å². The Morgan fingerprint density at radius 3 is 2.50 bits per heavy atom. The molecule has 0 aromatic heterocycles. The van der Waals surface area contributed by atoms with Gasteiger partial charge in [0.25, 0.3) is 0 Å². The molecular formula is C13H19NO2. The molecule has 0 aliphatic carbocycles. The molecule has 0 saturated carbocycles. The Morgan fingerprint density at radius 1 is 1.31 bits per heavy atom. The lowest BCUT2D eigenvalue weighted by Gasteiger charge is -2.09. The molecular weight excluding hydrogens is 202 g/mol. The van der Waals surface area contributed by atoms with Crippen LogP contribution in [0.5, 0.6) is 0 Å². The van der Waals surface area contributed by atoms with Crippen LogP contribution in [0.1, 0.15) is 31.4 Å². The van der Waals surface area contributed by atoms with Crippen molar-refractivity contribution in [3.8, 4) is 0 Å². The molecule has 0 atom stereocenters. The highest BCUT2D eigenvalue weighted by Crippen LogP contribution is 2.08. The molecule has 1 aromatic rings. The first-order valence-electron chi connectivity index (χ1n) is 5.57. The Morgan fingerprint density at radius 2 is 1.94 bits per heavy atom. The van der Waals surface area contributed by atoms with E-state index in [9.17, 15) is 4.79 Å². The molecule has 1 amide bonds. The monoisotopic (exact) mass is 221 g/mol. The van der Waals surface area contributed by atoms with Gasteiger partial charge in [-0.25, -0.2) is 0 Å². The molecule has 0 heterocycles. The van der Waals surface area contributed by atoms with Crippen LogP contribution in [0.4, 0.5) is 0 Å². The van der Waals surface area contributed by atoms with Gasteiger partial charge < -0.3 is 10.4 Å². The van der Waals surface area contributed by atoms with Crippen molar-refractivity contribution < 1.29 is 9.90 Å². The molecule has 1 aromatic carbocycles. The van der Waals surface area contributed by atoms with Crippen LogP contribution in [0, 0.1) is 5.92 Å². The fraction of sp³-hybridized carbons (Fsp3) is 0.462. The molecule has 3 nitrogen and oxygen atoms in total. The summed E-state index contributed by atoms with van der Waals surface area (Å²) in [4.78, 5) is 11.5. The van der Waals surface area contributed by atoms with E-state index >= 15 is 0 Å². The molecule has 0 radical (unpaired) electrons. The van der Waals surface area contributed by atoms with Crippen molar-refractivity contribution in [2.45, 2.75) is 33.4 Å². The number of benzene rings is 1. The minimum absolute atomic E-state index is 0.0101. The lowest BCUT2D eigenvalue weighted by atomic mass is 10.1. The van der Waals surface area contributed by atoms with Crippen molar-refractivity contribution in [1.29, 1.82) is 0 Å². The Hall–Kier alpha value is -1.35. The molecule has 0 aliphatic rings. The fourth-order valence-corrected chi connectivity index (χ4v) is 1.52. The molecule has 88 valence electrons. The van der Waals surface area contributed by atoms with E-state index in [0.29, 0.717) is 18.9 Å². The first-order chi connectivity index (χ1) is 7.63. The molecule has 0 aliphatic heterocycles. The normalized spacial score (nSPS) is 10.5. The highest BCUT2D eigenvalue weighted by atomic mass is 16.3. The van der Waals surface area contributed by atoms with Gasteiger partial charge in [0.1, 0.15) is 0 Å². The van der Waals surface area contributed by atoms with E-state index in [1.807, 2.05) is 38.1 Å². The van der Waals surface area contributed by atoms with Gasteiger partial charge in [-0.05, 0) is 17.0 Å². The zero-order valence-electron chi connectivity index (χ0n) is 9.86. The number of carbonyl (C=O) groups excluding carboxylic acids is 1. The standard InChI is InChI=1S/C13H19NO2/c1-10(2)7-13(16)14-8-11-5-3-4-6-12(11)9-15/h3-6,10,15H,7-9H2,1-2H3,(H,14,16). The van der Waals surface area contributed by atoms with Crippen molar-refractivity contribution in [3.05, 3.63) is 35.4 Å². The van der Waals surface area contributed by atoms with Crippen LogP contribution in [0.15, 0.2) is 24.3 Å². The Bertz CT molecular complexity index is 348. The number of nitrogens with one attached hydrogen (secondary N) is 1. The van der Waals surface area contributed by atoms with Crippen LogP contribution in [0.2, 0.25) is 0 Å². The second-order valence-electron chi connectivity index (χ2n) is 4.30. The number of carbonyl (C=O) groups is 1. The number of hydrogen-bond acceptors (Lipinski definition) is 2. The second-order valence-corrected chi connectivity index (χ2v) is 4.30. The molecule has 1 rings (SSSR count). The van der Waals surface area contributed by atoms with E-state index in [1.165, 1.54) is 0 Å². The fourth-order valence-electron chi connectivity index (χ4n) is 1.52. The summed E-state index contributed by atoms with van der Waals surface area (Å²) in [5.74, 6) is 0.427. The van der Waals surface area contributed by atoms with Gasteiger partial charge in [-0.2, -0.15) is 0 Å². The quantitative estimate of drug-likeness (QED) is 0.797. The Balaban J connectivity index is 2.51. The van der Waals surface area contributed by atoms with Gasteiger partial charge in [-0.1, -0.05) is 38.1 Å². The summed E-state index contributed by atoms with van der Waals surface area (Å²) in [5.41, 5.74) is 1.84. The van der Waals surface area contributed by atoms with Crippen LogP contribution in [0.25, 0.3) is 0 Å². The predicted octanol–water partition coefficient (Wildman–Crippen LogP) is 1.84. The number of amides is 1.